The molecular weight excluding hydrogens is 260 g/mol. The Hall–Kier alpha value is -1.06. The molecule has 3 heteroatoms. The first kappa shape index (κ1) is 14.9. The molecule has 116 valence electrons. The van der Waals surface area contributed by atoms with E-state index >= 15 is 0 Å². The summed E-state index contributed by atoms with van der Waals surface area (Å²) < 4.78 is 5.58. The minimum atomic E-state index is 0.416. The Bertz CT molecular complexity index is 466. The van der Waals surface area contributed by atoms with Gasteiger partial charge < -0.3 is 15.0 Å². The minimum absolute atomic E-state index is 0.416. The normalized spacial score (nSPS) is 21.0. The molecule has 21 heavy (non-hydrogen) atoms. The van der Waals surface area contributed by atoms with Crippen LogP contribution >= 0.6 is 0 Å². The maximum Gasteiger partial charge on any atom is 0.122 e. The van der Waals surface area contributed by atoms with Crippen LogP contribution in [0.15, 0.2) is 18.2 Å². The van der Waals surface area contributed by atoms with Crippen molar-refractivity contribution in [3.05, 3.63) is 29.3 Å². The van der Waals surface area contributed by atoms with Crippen LogP contribution in [-0.2, 0) is 6.42 Å². The standard InChI is InChI=1S/C18H28N2O/c1-14-5-9-20(10-6-14)11-8-19-15(2)16-3-4-18-17(13-16)7-12-21-18/h3-4,13-15,19H,5-12H2,1-2H3. The molecule has 1 N–H and O–H groups in total. The Morgan fingerprint density at radius 1 is 1.33 bits per heavy atom. The highest BCUT2D eigenvalue weighted by molar-refractivity contribution is 5.40. The lowest BCUT2D eigenvalue weighted by molar-refractivity contribution is 0.191. The molecule has 2 aliphatic rings. The van der Waals surface area contributed by atoms with Gasteiger partial charge in [-0.25, -0.2) is 0 Å². The number of nitrogens with zero attached hydrogens (tertiary/aromatic N) is 1. The number of nitrogens with one attached hydrogen (secondary N) is 1. The maximum absolute atomic E-state index is 5.58. The fourth-order valence-corrected chi connectivity index (χ4v) is 3.32. The molecule has 0 spiro atoms. The van der Waals surface area contributed by atoms with E-state index in [1.165, 1.54) is 43.6 Å². The predicted octanol–water partition coefficient (Wildman–Crippen LogP) is 3.00. The van der Waals surface area contributed by atoms with Crippen LogP contribution in [-0.4, -0.2) is 37.7 Å². The molecule has 3 rings (SSSR count). The van der Waals surface area contributed by atoms with E-state index in [9.17, 15) is 0 Å². The summed E-state index contributed by atoms with van der Waals surface area (Å²) in [4.78, 5) is 2.59. The lowest BCUT2D eigenvalue weighted by Crippen LogP contribution is -2.38. The molecule has 0 radical (unpaired) electrons. The van der Waals surface area contributed by atoms with Gasteiger partial charge >= 0.3 is 0 Å². The average Bonchev–Trinajstić information content (AvgIpc) is 2.96. The van der Waals surface area contributed by atoms with E-state index in [2.05, 4.69) is 42.3 Å². The van der Waals surface area contributed by atoms with E-state index < -0.39 is 0 Å². The Morgan fingerprint density at radius 3 is 2.95 bits per heavy atom. The molecule has 3 nitrogen and oxygen atoms in total. The summed E-state index contributed by atoms with van der Waals surface area (Å²) >= 11 is 0. The van der Waals surface area contributed by atoms with Crippen LogP contribution in [0.2, 0.25) is 0 Å². The van der Waals surface area contributed by atoms with E-state index in [1.54, 1.807) is 0 Å². The molecule has 1 aromatic rings. The average molecular weight is 288 g/mol. The second kappa shape index (κ2) is 6.80. The van der Waals surface area contributed by atoms with Gasteiger partial charge in [-0.15, -0.1) is 0 Å². The fraction of sp³-hybridized carbons (Fsp3) is 0.667. The molecule has 1 aromatic carbocycles. The van der Waals surface area contributed by atoms with Crippen LogP contribution in [0, 0.1) is 5.92 Å². The summed E-state index contributed by atoms with van der Waals surface area (Å²) in [5.41, 5.74) is 2.75. The van der Waals surface area contributed by atoms with Crippen molar-refractivity contribution < 1.29 is 4.74 Å². The predicted molar refractivity (Wildman–Crippen MR) is 86.9 cm³/mol. The number of ether oxygens (including phenoxy) is 1. The van der Waals surface area contributed by atoms with Crippen LogP contribution in [0.1, 0.15) is 43.9 Å². The van der Waals surface area contributed by atoms with Crippen molar-refractivity contribution in [1.29, 1.82) is 0 Å². The first-order chi connectivity index (χ1) is 10.2. The van der Waals surface area contributed by atoms with Gasteiger partial charge in [0.1, 0.15) is 5.75 Å². The lowest BCUT2D eigenvalue weighted by Gasteiger charge is -2.30. The van der Waals surface area contributed by atoms with Gasteiger partial charge in [0.25, 0.3) is 0 Å². The monoisotopic (exact) mass is 288 g/mol. The third kappa shape index (κ3) is 3.78. The van der Waals surface area contributed by atoms with Crippen LogP contribution in [0.25, 0.3) is 0 Å². The van der Waals surface area contributed by atoms with E-state index in [0.717, 1.165) is 31.2 Å². The van der Waals surface area contributed by atoms with Crippen molar-refractivity contribution in [2.45, 2.75) is 39.2 Å². The van der Waals surface area contributed by atoms with Gasteiger partial charge in [0, 0.05) is 25.6 Å². The van der Waals surface area contributed by atoms with Crippen LogP contribution in [0.5, 0.6) is 5.75 Å². The first-order valence-corrected chi connectivity index (χ1v) is 8.44. The van der Waals surface area contributed by atoms with E-state index in [1.807, 2.05) is 0 Å². The molecule has 2 aliphatic heterocycles. The minimum Gasteiger partial charge on any atom is -0.493 e. The maximum atomic E-state index is 5.58. The second-order valence-corrected chi connectivity index (χ2v) is 6.67. The SMILES string of the molecule is CC1CCN(CCNC(C)c2ccc3c(c2)CCO3)CC1. The zero-order valence-electron chi connectivity index (χ0n) is 13.4. The highest BCUT2D eigenvalue weighted by atomic mass is 16.5. The largest absolute Gasteiger partial charge is 0.493 e. The highest BCUT2D eigenvalue weighted by Crippen LogP contribution is 2.28. The first-order valence-electron chi connectivity index (χ1n) is 8.44. The van der Waals surface area contributed by atoms with Crippen molar-refractivity contribution in [1.82, 2.24) is 10.2 Å². The molecule has 1 saturated heterocycles. The van der Waals surface area contributed by atoms with Gasteiger partial charge in [-0.1, -0.05) is 19.1 Å². The summed E-state index contributed by atoms with van der Waals surface area (Å²) in [6.45, 7) is 10.3. The highest BCUT2D eigenvalue weighted by Gasteiger charge is 2.16. The summed E-state index contributed by atoms with van der Waals surface area (Å²) in [6, 6.07) is 7.05. The number of hydrogen-bond donors (Lipinski definition) is 1. The number of hydrogen-bond acceptors (Lipinski definition) is 3. The second-order valence-electron chi connectivity index (χ2n) is 6.67. The van der Waals surface area contributed by atoms with Crippen molar-refractivity contribution in [2.24, 2.45) is 5.92 Å². The summed E-state index contributed by atoms with van der Waals surface area (Å²) in [6.07, 6.45) is 3.78. The molecule has 0 aromatic heterocycles. The fourth-order valence-electron chi connectivity index (χ4n) is 3.32. The molecule has 1 atom stereocenters. The number of piperidine rings is 1. The Kier molecular flexibility index (Phi) is 4.81. The van der Waals surface area contributed by atoms with Crippen molar-refractivity contribution in [2.75, 3.05) is 32.8 Å². The summed E-state index contributed by atoms with van der Waals surface area (Å²) in [5, 5.41) is 3.67. The van der Waals surface area contributed by atoms with Crippen LogP contribution in [0.3, 0.4) is 0 Å². The molecule has 0 aliphatic carbocycles. The third-order valence-electron chi connectivity index (χ3n) is 4.97. The van der Waals surface area contributed by atoms with Crippen LogP contribution in [0.4, 0.5) is 0 Å². The van der Waals surface area contributed by atoms with Gasteiger partial charge in [0.2, 0.25) is 0 Å². The van der Waals surface area contributed by atoms with Gasteiger partial charge in [0.15, 0.2) is 0 Å². The van der Waals surface area contributed by atoms with Crippen molar-refractivity contribution in [3.8, 4) is 5.75 Å². The molecule has 0 bridgehead atoms. The molecule has 0 saturated carbocycles. The number of benzene rings is 1. The van der Waals surface area contributed by atoms with Crippen molar-refractivity contribution >= 4 is 0 Å². The number of likely N-dealkylation sites (tertiary alicyclic amines) is 1. The Balaban J connectivity index is 1.45. The molecular formula is C18H28N2O. The van der Waals surface area contributed by atoms with Gasteiger partial charge in [0.05, 0.1) is 6.61 Å². The van der Waals surface area contributed by atoms with E-state index in [-0.39, 0.29) is 0 Å². The summed E-state index contributed by atoms with van der Waals surface area (Å²) in [7, 11) is 0. The van der Waals surface area contributed by atoms with Gasteiger partial charge in [-0.3, -0.25) is 0 Å². The van der Waals surface area contributed by atoms with Gasteiger partial charge in [-0.2, -0.15) is 0 Å². The zero-order chi connectivity index (χ0) is 14.7. The number of fused-ring (bicyclic) bond motifs is 1. The van der Waals surface area contributed by atoms with Crippen LogP contribution < -0.4 is 10.1 Å². The Labute approximate surface area is 128 Å². The number of rotatable bonds is 5. The smallest absolute Gasteiger partial charge is 0.122 e. The van der Waals surface area contributed by atoms with E-state index in [4.69, 9.17) is 4.74 Å². The Morgan fingerprint density at radius 2 is 2.14 bits per heavy atom. The van der Waals surface area contributed by atoms with Gasteiger partial charge in [-0.05, 0) is 56.0 Å². The summed E-state index contributed by atoms with van der Waals surface area (Å²) in [5.74, 6) is 2.00. The molecule has 1 fully saturated rings. The molecule has 2 heterocycles. The third-order valence-corrected chi connectivity index (χ3v) is 4.97. The molecule has 1 unspecified atom stereocenters. The zero-order valence-corrected chi connectivity index (χ0v) is 13.4. The topological polar surface area (TPSA) is 24.5 Å². The van der Waals surface area contributed by atoms with Crippen molar-refractivity contribution in [3.63, 3.8) is 0 Å². The lowest BCUT2D eigenvalue weighted by atomic mass is 9.99. The molecule has 0 amide bonds. The quantitative estimate of drug-likeness (QED) is 0.901. The van der Waals surface area contributed by atoms with E-state index in [0.29, 0.717) is 6.04 Å².